The van der Waals surface area contributed by atoms with E-state index >= 15 is 0 Å². The summed E-state index contributed by atoms with van der Waals surface area (Å²) in [5.74, 6) is -0.440. The third-order valence-corrected chi connectivity index (χ3v) is 5.04. The van der Waals surface area contributed by atoms with Gasteiger partial charge in [0.2, 0.25) is 0 Å². The zero-order chi connectivity index (χ0) is 17.2. The Hall–Kier alpha value is -2.25. The third-order valence-electron chi connectivity index (χ3n) is 5.04. The first kappa shape index (κ1) is 16.2. The number of nitrogens with one attached hydrogen (secondary N) is 2. The van der Waals surface area contributed by atoms with Crippen LogP contribution < -0.4 is 10.9 Å². The smallest absolute Gasteiger partial charge is 0.280 e. The number of H-pyrrole nitrogens is 1. The molecular weight excluding hydrogens is 320 g/mol. The minimum atomic E-state index is -0.468. The van der Waals surface area contributed by atoms with Gasteiger partial charge in [-0.15, -0.1) is 0 Å². The van der Waals surface area contributed by atoms with Gasteiger partial charge in [0, 0.05) is 0 Å². The fraction of sp³-hybridized carbons (Fsp3) is 0.500. The number of benzene rings is 1. The first-order valence-electron chi connectivity index (χ1n) is 8.84. The monoisotopic (exact) mass is 342 g/mol. The van der Waals surface area contributed by atoms with Crippen LogP contribution in [0.1, 0.15) is 29.8 Å². The van der Waals surface area contributed by atoms with E-state index in [0.717, 1.165) is 13.1 Å². The zero-order valence-electron chi connectivity index (χ0n) is 14.0. The molecule has 25 heavy (non-hydrogen) atoms. The second kappa shape index (κ2) is 6.93. The summed E-state index contributed by atoms with van der Waals surface area (Å²) < 4.78 is 5.60. The zero-order valence-corrected chi connectivity index (χ0v) is 14.0. The van der Waals surface area contributed by atoms with Crippen molar-refractivity contribution in [1.29, 1.82) is 0 Å². The van der Waals surface area contributed by atoms with Crippen LogP contribution in [0.3, 0.4) is 0 Å². The molecule has 0 spiro atoms. The van der Waals surface area contributed by atoms with Gasteiger partial charge in [-0.2, -0.15) is 0 Å². The van der Waals surface area contributed by atoms with E-state index in [0.29, 0.717) is 24.2 Å². The van der Waals surface area contributed by atoms with Gasteiger partial charge in [-0.25, -0.2) is 4.98 Å². The van der Waals surface area contributed by atoms with E-state index in [4.69, 9.17) is 4.74 Å². The number of hydrogen-bond donors (Lipinski definition) is 2. The van der Waals surface area contributed by atoms with Crippen molar-refractivity contribution in [3.63, 3.8) is 0 Å². The van der Waals surface area contributed by atoms with Crippen molar-refractivity contribution >= 4 is 16.9 Å². The summed E-state index contributed by atoms with van der Waals surface area (Å²) in [6.45, 7) is 3.16. The lowest BCUT2D eigenvalue weighted by molar-refractivity contribution is 0.0893. The molecule has 0 saturated carbocycles. The van der Waals surface area contributed by atoms with Crippen LogP contribution in [0.4, 0.5) is 0 Å². The normalized spacial score (nSPS) is 24.5. The maximum Gasteiger partial charge on any atom is 0.280 e. The van der Waals surface area contributed by atoms with Gasteiger partial charge in [0.25, 0.3) is 11.5 Å². The highest BCUT2D eigenvalue weighted by Crippen LogP contribution is 2.19. The number of carbonyl (C=O) groups is 1. The Labute approximate surface area is 145 Å². The fourth-order valence-corrected chi connectivity index (χ4v) is 3.71. The quantitative estimate of drug-likeness (QED) is 0.866. The van der Waals surface area contributed by atoms with E-state index in [1.54, 1.807) is 12.1 Å². The number of para-hydroxylation sites is 2. The molecule has 2 fully saturated rings. The molecule has 0 radical (unpaired) electrons. The molecule has 2 atom stereocenters. The first-order chi connectivity index (χ1) is 12.2. The van der Waals surface area contributed by atoms with Gasteiger partial charge < -0.3 is 15.0 Å². The van der Waals surface area contributed by atoms with E-state index in [2.05, 4.69) is 20.2 Å². The molecule has 3 heterocycles. The second-order valence-corrected chi connectivity index (χ2v) is 6.71. The molecule has 1 amide bonds. The number of nitrogens with zero attached hydrogens (tertiary/aromatic N) is 2. The third kappa shape index (κ3) is 3.29. The molecule has 7 heteroatoms. The van der Waals surface area contributed by atoms with Gasteiger partial charge in [0.05, 0.1) is 36.3 Å². The number of piperidine rings is 1. The van der Waals surface area contributed by atoms with Gasteiger partial charge in [-0.3, -0.25) is 14.5 Å². The van der Waals surface area contributed by atoms with Crippen LogP contribution in [0.5, 0.6) is 0 Å². The van der Waals surface area contributed by atoms with Gasteiger partial charge in [-0.05, 0) is 38.1 Å². The van der Waals surface area contributed by atoms with Crippen molar-refractivity contribution in [3.8, 4) is 0 Å². The first-order valence-corrected chi connectivity index (χ1v) is 8.84. The molecule has 0 unspecified atom stereocenters. The highest BCUT2D eigenvalue weighted by molar-refractivity contribution is 5.93. The predicted molar refractivity (Wildman–Crippen MR) is 93.6 cm³/mol. The molecule has 1 aromatic heterocycles. The van der Waals surface area contributed by atoms with Crippen LogP contribution in [-0.2, 0) is 4.74 Å². The molecule has 1 aromatic carbocycles. The molecular formula is C18H22N4O3. The number of aromatic amines is 1. The molecule has 0 bridgehead atoms. The van der Waals surface area contributed by atoms with Crippen LogP contribution in [0, 0.1) is 0 Å². The Morgan fingerprint density at radius 3 is 2.84 bits per heavy atom. The molecule has 2 saturated heterocycles. The molecule has 2 aromatic rings. The summed E-state index contributed by atoms with van der Waals surface area (Å²) >= 11 is 0. The molecule has 2 aliphatic rings. The average Bonchev–Trinajstić information content (AvgIpc) is 3.10. The van der Waals surface area contributed by atoms with Crippen LogP contribution in [0.2, 0.25) is 0 Å². The maximum absolute atomic E-state index is 12.6. The Balaban J connectivity index is 1.53. The summed E-state index contributed by atoms with van der Waals surface area (Å²) in [7, 11) is 0. The molecule has 2 N–H and O–H groups in total. The average molecular weight is 342 g/mol. The summed E-state index contributed by atoms with van der Waals surface area (Å²) in [5.41, 5.74) is 0.662. The number of likely N-dealkylation sites (tertiary alicyclic amines) is 1. The fourth-order valence-electron chi connectivity index (χ4n) is 3.71. The molecule has 132 valence electrons. The summed E-state index contributed by atoms with van der Waals surface area (Å²) in [6, 6.07) is 7.24. The number of carbonyl (C=O) groups excluding carboxylic acids is 1. The van der Waals surface area contributed by atoms with Crippen molar-refractivity contribution in [2.45, 2.75) is 31.3 Å². The summed E-state index contributed by atoms with van der Waals surface area (Å²) in [5, 5.41) is 2.96. The van der Waals surface area contributed by atoms with Crippen molar-refractivity contribution in [2.24, 2.45) is 0 Å². The lowest BCUT2D eigenvalue weighted by Crippen LogP contribution is -2.53. The van der Waals surface area contributed by atoms with Crippen molar-refractivity contribution in [2.75, 3.05) is 26.3 Å². The SMILES string of the molecule is O=C(N[C@@H]1COC[C@H]1N1CCCCC1)c1nc2ccccc2[nH]c1=O. The van der Waals surface area contributed by atoms with Crippen molar-refractivity contribution in [1.82, 2.24) is 20.2 Å². The van der Waals surface area contributed by atoms with Crippen LogP contribution in [-0.4, -0.2) is 59.2 Å². The Morgan fingerprint density at radius 2 is 2.00 bits per heavy atom. The number of ether oxygens (including phenoxy) is 1. The largest absolute Gasteiger partial charge is 0.378 e. The predicted octanol–water partition coefficient (Wildman–Crippen LogP) is 0.906. The van der Waals surface area contributed by atoms with E-state index in [-0.39, 0.29) is 17.8 Å². The van der Waals surface area contributed by atoms with Crippen LogP contribution in [0.15, 0.2) is 29.1 Å². The summed E-state index contributed by atoms with van der Waals surface area (Å²) in [6.07, 6.45) is 3.63. The highest BCUT2D eigenvalue weighted by atomic mass is 16.5. The minimum absolute atomic E-state index is 0.0944. The second-order valence-electron chi connectivity index (χ2n) is 6.71. The molecule has 2 aliphatic heterocycles. The van der Waals surface area contributed by atoms with Gasteiger partial charge in [-0.1, -0.05) is 18.6 Å². The van der Waals surface area contributed by atoms with E-state index in [1.807, 2.05) is 12.1 Å². The van der Waals surface area contributed by atoms with E-state index in [9.17, 15) is 9.59 Å². The van der Waals surface area contributed by atoms with Crippen molar-refractivity contribution in [3.05, 3.63) is 40.3 Å². The van der Waals surface area contributed by atoms with E-state index < -0.39 is 11.5 Å². The lowest BCUT2D eigenvalue weighted by Gasteiger charge is -2.34. The maximum atomic E-state index is 12.6. The van der Waals surface area contributed by atoms with E-state index in [1.165, 1.54) is 19.3 Å². The van der Waals surface area contributed by atoms with Gasteiger partial charge in [0.15, 0.2) is 5.69 Å². The Bertz CT molecular complexity index is 828. The number of rotatable bonds is 3. The highest BCUT2D eigenvalue weighted by Gasteiger charge is 2.35. The Morgan fingerprint density at radius 1 is 1.20 bits per heavy atom. The molecule has 4 rings (SSSR count). The number of amides is 1. The number of aromatic nitrogens is 2. The molecule has 7 nitrogen and oxygen atoms in total. The Kier molecular flexibility index (Phi) is 4.50. The number of fused-ring (bicyclic) bond motifs is 1. The molecule has 0 aliphatic carbocycles. The van der Waals surface area contributed by atoms with Gasteiger partial charge >= 0.3 is 0 Å². The van der Waals surface area contributed by atoms with Crippen LogP contribution >= 0.6 is 0 Å². The van der Waals surface area contributed by atoms with Crippen LogP contribution in [0.25, 0.3) is 11.0 Å². The van der Waals surface area contributed by atoms with Gasteiger partial charge in [0.1, 0.15) is 0 Å². The number of hydrogen-bond acceptors (Lipinski definition) is 5. The minimum Gasteiger partial charge on any atom is -0.378 e. The van der Waals surface area contributed by atoms with Crippen molar-refractivity contribution < 1.29 is 9.53 Å². The topological polar surface area (TPSA) is 87.3 Å². The lowest BCUT2D eigenvalue weighted by atomic mass is 10.0. The summed E-state index contributed by atoms with van der Waals surface area (Å²) in [4.78, 5) is 34.2. The standard InChI is InChI=1S/C18H22N4O3/c23-17-16(19-12-6-2-3-7-13(12)20-17)18(24)21-14-10-25-11-15(14)22-8-4-1-5-9-22/h2-3,6-7,14-15H,1,4-5,8-11H2,(H,20,23)(H,21,24)/t14-,15-/m1/s1.